The number of hydrogen-bond acceptors (Lipinski definition) is 3. The van der Waals surface area contributed by atoms with E-state index in [4.69, 9.17) is 4.74 Å². The van der Waals surface area contributed by atoms with Gasteiger partial charge < -0.3 is 4.74 Å². The summed E-state index contributed by atoms with van der Waals surface area (Å²) in [7, 11) is -1.71. The van der Waals surface area contributed by atoms with Crippen molar-refractivity contribution in [3.63, 3.8) is 0 Å². The maximum atomic E-state index is 11.9. The largest absolute Gasteiger partial charge is 0.494 e. The quantitative estimate of drug-likeness (QED) is 0.745. The third-order valence-corrected chi connectivity index (χ3v) is 5.13. The molecular formula is C14H12Br2O3S. The van der Waals surface area contributed by atoms with E-state index in [-0.39, 0.29) is 0 Å². The summed E-state index contributed by atoms with van der Waals surface area (Å²) < 4.78 is 30.5. The molecule has 0 saturated heterocycles. The fraction of sp³-hybridized carbons (Fsp3) is 0.143. The minimum Gasteiger partial charge on any atom is -0.494 e. The molecule has 6 heteroatoms. The lowest BCUT2D eigenvalue weighted by Crippen LogP contribution is -2.00. The molecule has 0 radical (unpaired) electrons. The average molecular weight is 420 g/mol. The van der Waals surface area contributed by atoms with Crippen LogP contribution in [0.3, 0.4) is 0 Å². The van der Waals surface area contributed by atoms with Gasteiger partial charge in [-0.1, -0.05) is 18.2 Å². The van der Waals surface area contributed by atoms with Crippen LogP contribution in [0.25, 0.3) is 11.1 Å². The molecule has 0 N–H and O–H groups in total. The Morgan fingerprint density at radius 3 is 2.10 bits per heavy atom. The molecule has 0 heterocycles. The van der Waals surface area contributed by atoms with Crippen LogP contribution in [0.4, 0.5) is 0 Å². The number of methoxy groups -OCH3 is 1. The van der Waals surface area contributed by atoms with Crippen molar-refractivity contribution in [1.29, 1.82) is 0 Å². The van der Waals surface area contributed by atoms with Crippen LogP contribution >= 0.6 is 31.9 Å². The molecule has 0 atom stereocenters. The minimum atomic E-state index is -3.28. The van der Waals surface area contributed by atoms with Crippen molar-refractivity contribution in [2.45, 2.75) is 4.90 Å². The van der Waals surface area contributed by atoms with Gasteiger partial charge in [-0.05, 0) is 55.6 Å². The van der Waals surface area contributed by atoms with E-state index in [1.165, 1.54) is 6.26 Å². The number of ether oxygens (including phenoxy) is 1. The lowest BCUT2D eigenvalue weighted by Gasteiger charge is -2.12. The normalized spacial score (nSPS) is 11.4. The second-order valence-electron chi connectivity index (χ2n) is 4.24. The summed E-state index contributed by atoms with van der Waals surface area (Å²) in [6.07, 6.45) is 1.21. The zero-order chi connectivity index (χ0) is 14.9. The fourth-order valence-electron chi connectivity index (χ4n) is 1.94. The van der Waals surface area contributed by atoms with E-state index in [0.29, 0.717) is 16.2 Å². The number of benzene rings is 2. The first-order chi connectivity index (χ1) is 9.34. The van der Waals surface area contributed by atoms with Crippen LogP contribution in [0, 0.1) is 0 Å². The number of halogens is 2. The molecular weight excluding hydrogens is 408 g/mol. The van der Waals surface area contributed by atoms with E-state index in [1.807, 2.05) is 18.2 Å². The highest BCUT2D eigenvalue weighted by Gasteiger charge is 2.16. The van der Waals surface area contributed by atoms with Crippen molar-refractivity contribution in [3.8, 4) is 16.9 Å². The molecule has 2 aromatic rings. The van der Waals surface area contributed by atoms with Crippen molar-refractivity contribution in [3.05, 3.63) is 45.3 Å². The first-order valence-corrected chi connectivity index (χ1v) is 9.15. The maximum absolute atomic E-state index is 11.9. The zero-order valence-electron chi connectivity index (χ0n) is 10.9. The lowest BCUT2D eigenvalue weighted by atomic mass is 10.1. The molecule has 106 valence electrons. The molecule has 0 saturated carbocycles. The van der Waals surface area contributed by atoms with Crippen LogP contribution < -0.4 is 4.74 Å². The van der Waals surface area contributed by atoms with Crippen LogP contribution in [-0.2, 0) is 9.84 Å². The van der Waals surface area contributed by atoms with Gasteiger partial charge in [-0.15, -0.1) is 0 Å². The molecule has 0 aliphatic heterocycles. The Labute approximate surface area is 135 Å². The Balaban J connectivity index is 2.71. The number of hydrogen-bond donors (Lipinski definition) is 0. The summed E-state index contributed by atoms with van der Waals surface area (Å²) in [6, 6.07) is 10.6. The van der Waals surface area contributed by atoms with Gasteiger partial charge in [-0.2, -0.15) is 0 Å². The predicted molar refractivity (Wildman–Crippen MR) is 86.9 cm³/mol. The molecule has 20 heavy (non-hydrogen) atoms. The molecule has 0 bridgehead atoms. The zero-order valence-corrected chi connectivity index (χ0v) is 14.8. The molecule has 0 aromatic heterocycles. The van der Waals surface area contributed by atoms with E-state index in [1.54, 1.807) is 25.3 Å². The van der Waals surface area contributed by atoms with Crippen LogP contribution in [0.5, 0.6) is 5.75 Å². The molecule has 0 fully saturated rings. The summed E-state index contributed by atoms with van der Waals surface area (Å²) in [5.41, 5.74) is 1.46. The highest BCUT2D eigenvalue weighted by Crippen LogP contribution is 2.39. The smallest absolute Gasteiger partial charge is 0.176 e. The van der Waals surface area contributed by atoms with Crippen LogP contribution in [-0.4, -0.2) is 21.8 Å². The third-order valence-electron chi connectivity index (χ3n) is 2.80. The van der Waals surface area contributed by atoms with E-state index in [0.717, 1.165) is 14.5 Å². The molecule has 0 spiro atoms. The molecule has 0 aliphatic carbocycles. The molecule has 2 aromatic carbocycles. The maximum Gasteiger partial charge on any atom is 0.176 e. The number of sulfone groups is 1. The van der Waals surface area contributed by atoms with E-state index < -0.39 is 9.84 Å². The fourth-order valence-corrected chi connectivity index (χ4v) is 4.36. The van der Waals surface area contributed by atoms with Gasteiger partial charge in [-0.3, -0.25) is 0 Å². The van der Waals surface area contributed by atoms with E-state index in [9.17, 15) is 8.42 Å². The summed E-state index contributed by atoms with van der Waals surface area (Å²) in [5, 5.41) is 0. The van der Waals surface area contributed by atoms with E-state index in [2.05, 4.69) is 31.9 Å². The van der Waals surface area contributed by atoms with Crippen LogP contribution in [0.1, 0.15) is 0 Å². The van der Waals surface area contributed by atoms with Gasteiger partial charge in [0.05, 0.1) is 21.0 Å². The van der Waals surface area contributed by atoms with Crippen LogP contribution in [0.15, 0.2) is 50.2 Å². The van der Waals surface area contributed by atoms with Gasteiger partial charge in [-0.25, -0.2) is 8.42 Å². The molecule has 0 amide bonds. The summed E-state index contributed by atoms with van der Waals surface area (Å²) >= 11 is 6.85. The Kier molecular flexibility index (Phi) is 4.56. The molecule has 0 unspecified atom stereocenters. The summed E-state index contributed by atoms with van der Waals surface area (Å²) in [6.45, 7) is 0. The number of rotatable bonds is 3. The highest BCUT2D eigenvalue weighted by molar-refractivity contribution is 9.11. The van der Waals surface area contributed by atoms with Crippen LogP contribution in [0.2, 0.25) is 0 Å². The minimum absolute atomic E-state index is 0.309. The standard InChI is InChI=1S/C14H12Br2O3S/c1-19-14-11(15)7-9(8-12(14)16)10-5-3-4-6-13(10)20(2,17)18/h3-8H,1-2H3. The predicted octanol–water partition coefficient (Wildman–Crippen LogP) is 4.29. The molecule has 2 rings (SSSR count). The van der Waals surface area contributed by atoms with Gasteiger partial charge in [0.2, 0.25) is 0 Å². The Hall–Kier alpha value is -0.850. The monoisotopic (exact) mass is 418 g/mol. The van der Waals surface area contributed by atoms with Crippen molar-refractivity contribution < 1.29 is 13.2 Å². The lowest BCUT2D eigenvalue weighted by molar-refractivity contribution is 0.409. The van der Waals surface area contributed by atoms with Crippen molar-refractivity contribution in [2.24, 2.45) is 0 Å². The Bertz CT molecular complexity index is 732. The second kappa shape index (κ2) is 5.87. The third kappa shape index (κ3) is 3.07. The Morgan fingerprint density at radius 2 is 1.60 bits per heavy atom. The van der Waals surface area contributed by atoms with Gasteiger partial charge >= 0.3 is 0 Å². The van der Waals surface area contributed by atoms with Crippen molar-refractivity contribution >= 4 is 41.7 Å². The van der Waals surface area contributed by atoms with E-state index >= 15 is 0 Å². The summed E-state index contributed by atoms with van der Waals surface area (Å²) in [4.78, 5) is 0.309. The first-order valence-electron chi connectivity index (χ1n) is 5.67. The van der Waals surface area contributed by atoms with Crippen molar-refractivity contribution in [2.75, 3.05) is 13.4 Å². The average Bonchev–Trinajstić information content (AvgIpc) is 2.37. The van der Waals surface area contributed by atoms with Gasteiger partial charge in [0.15, 0.2) is 9.84 Å². The van der Waals surface area contributed by atoms with Crippen molar-refractivity contribution in [1.82, 2.24) is 0 Å². The molecule has 3 nitrogen and oxygen atoms in total. The Morgan fingerprint density at radius 1 is 1.05 bits per heavy atom. The van der Waals surface area contributed by atoms with Gasteiger partial charge in [0, 0.05) is 11.8 Å². The summed E-state index contributed by atoms with van der Waals surface area (Å²) in [5.74, 6) is 0.672. The van der Waals surface area contributed by atoms with Gasteiger partial charge in [0.1, 0.15) is 5.75 Å². The second-order valence-corrected chi connectivity index (χ2v) is 7.93. The van der Waals surface area contributed by atoms with Gasteiger partial charge in [0.25, 0.3) is 0 Å². The SMILES string of the molecule is COc1c(Br)cc(-c2ccccc2S(C)(=O)=O)cc1Br. The first kappa shape index (κ1) is 15.5. The topological polar surface area (TPSA) is 43.4 Å². The molecule has 0 aliphatic rings. The highest BCUT2D eigenvalue weighted by atomic mass is 79.9.